The van der Waals surface area contributed by atoms with Crippen LogP contribution in [0.25, 0.3) is 28.1 Å². The molecule has 0 aliphatic rings. The number of unbranched alkanes of at least 4 members (excludes halogenated alkanes) is 1. The molecular formula is C20H19FN4. The second kappa shape index (κ2) is 6.51. The van der Waals surface area contributed by atoms with E-state index in [9.17, 15) is 4.39 Å². The number of nitrogens with one attached hydrogen (secondary N) is 1. The summed E-state index contributed by atoms with van der Waals surface area (Å²) < 4.78 is 16.3. The standard InChI is InChI=1S/C20H19FN4/c1-2-3-11-22-17-9-8-14(13-15(17)21)16-10-12-25-19-7-5-4-6-18(19)24-20(25)23-16/h4-10,12-13,22H,2-3,11H2,1H3. The fraction of sp³-hybridized carbons (Fsp3) is 0.200. The summed E-state index contributed by atoms with van der Waals surface area (Å²) in [7, 11) is 0. The number of anilines is 1. The molecule has 0 atom stereocenters. The maximum absolute atomic E-state index is 14.3. The Bertz CT molecular complexity index is 1040. The molecule has 1 N–H and O–H groups in total. The van der Waals surface area contributed by atoms with Gasteiger partial charge in [0, 0.05) is 18.3 Å². The summed E-state index contributed by atoms with van der Waals surface area (Å²) in [5, 5.41) is 3.13. The topological polar surface area (TPSA) is 42.2 Å². The zero-order valence-corrected chi connectivity index (χ0v) is 14.0. The van der Waals surface area contributed by atoms with E-state index in [4.69, 9.17) is 0 Å². The molecule has 0 radical (unpaired) electrons. The predicted octanol–water partition coefficient (Wildman–Crippen LogP) is 4.90. The molecule has 0 saturated carbocycles. The molecule has 2 aromatic heterocycles. The fourth-order valence-corrected chi connectivity index (χ4v) is 2.93. The SMILES string of the molecule is CCCCNc1ccc(-c2ccn3c(n2)nc2ccccc23)cc1F. The minimum atomic E-state index is -0.260. The molecule has 0 saturated heterocycles. The van der Waals surface area contributed by atoms with E-state index in [1.165, 1.54) is 6.07 Å². The maximum atomic E-state index is 14.3. The number of imidazole rings is 1. The van der Waals surface area contributed by atoms with Gasteiger partial charge in [-0.2, -0.15) is 0 Å². The zero-order chi connectivity index (χ0) is 17.2. The van der Waals surface area contributed by atoms with E-state index in [2.05, 4.69) is 22.2 Å². The Kier molecular flexibility index (Phi) is 4.06. The van der Waals surface area contributed by atoms with Crippen molar-refractivity contribution in [2.75, 3.05) is 11.9 Å². The number of para-hydroxylation sites is 2. The lowest BCUT2D eigenvalue weighted by atomic mass is 10.1. The van der Waals surface area contributed by atoms with Crippen LogP contribution in [-0.2, 0) is 0 Å². The number of aromatic nitrogens is 3. The van der Waals surface area contributed by atoms with Gasteiger partial charge in [0.05, 0.1) is 22.4 Å². The Morgan fingerprint density at radius 1 is 1.08 bits per heavy atom. The van der Waals surface area contributed by atoms with E-state index < -0.39 is 0 Å². The first-order chi connectivity index (χ1) is 12.3. The summed E-state index contributed by atoms with van der Waals surface area (Å²) in [6, 6.07) is 15.0. The van der Waals surface area contributed by atoms with Gasteiger partial charge < -0.3 is 5.32 Å². The Labute approximate surface area is 145 Å². The minimum absolute atomic E-state index is 0.260. The quantitative estimate of drug-likeness (QED) is 0.528. The third-order valence-electron chi connectivity index (χ3n) is 4.29. The third-order valence-corrected chi connectivity index (χ3v) is 4.29. The van der Waals surface area contributed by atoms with Gasteiger partial charge in [-0.15, -0.1) is 0 Å². The molecule has 0 aliphatic heterocycles. The van der Waals surface area contributed by atoms with Gasteiger partial charge in [0.2, 0.25) is 5.78 Å². The van der Waals surface area contributed by atoms with Crippen LogP contribution in [0.3, 0.4) is 0 Å². The summed E-state index contributed by atoms with van der Waals surface area (Å²) in [5.41, 5.74) is 3.90. The van der Waals surface area contributed by atoms with Crippen molar-refractivity contribution in [1.82, 2.24) is 14.4 Å². The second-order valence-corrected chi connectivity index (χ2v) is 6.06. The highest BCUT2D eigenvalue weighted by molar-refractivity contribution is 5.80. The van der Waals surface area contributed by atoms with Crippen LogP contribution in [0.2, 0.25) is 0 Å². The average molecular weight is 334 g/mol. The summed E-state index contributed by atoms with van der Waals surface area (Å²) >= 11 is 0. The summed E-state index contributed by atoms with van der Waals surface area (Å²) in [6.07, 6.45) is 4.03. The number of hydrogen-bond donors (Lipinski definition) is 1. The number of benzene rings is 2. The van der Waals surface area contributed by atoms with Crippen LogP contribution in [0.1, 0.15) is 19.8 Å². The normalized spacial score (nSPS) is 11.3. The highest BCUT2D eigenvalue weighted by Crippen LogP contribution is 2.24. The van der Waals surface area contributed by atoms with Crippen LogP contribution in [0.15, 0.2) is 54.7 Å². The van der Waals surface area contributed by atoms with Gasteiger partial charge in [0.25, 0.3) is 0 Å². The van der Waals surface area contributed by atoms with E-state index in [0.717, 1.165) is 36.0 Å². The van der Waals surface area contributed by atoms with Gasteiger partial charge in [-0.05, 0) is 36.8 Å². The molecular weight excluding hydrogens is 315 g/mol. The van der Waals surface area contributed by atoms with Crippen molar-refractivity contribution in [1.29, 1.82) is 0 Å². The monoisotopic (exact) mass is 334 g/mol. The van der Waals surface area contributed by atoms with Crippen LogP contribution in [0.4, 0.5) is 10.1 Å². The summed E-state index contributed by atoms with van der Waals surface area (Å²) in [6.45, 7) is 2.89. The van der Waals surface area contributed by atoms with E-state index >= 15 is 0 Å². The van der Waals surface area contributed by atoms with Gasteiger partial charge in [-0.25, -0.2) is 14.4 Å². The van der Waals surface area contributed by atoms with Crippen molar-refractivity contribution in [3.05, 3.63) is 60.5 Å². The Morgan fingerprint density at radius 3 is 2.80 bits per heavy atom. The van der Waals surface area contributed by atoms with Gasteiger partial charge in [0.1, 0.15) is 5.82 Å². The van der Waals surface area contributed by atoms with Crippen molar-refractivity contribution < 1.29 is 4.39 Å². The van der Waals surface area contributed by atoms with E-state index in [1.54, 1.807) is 6.07 Å². The smallest absolute Gasteiger partial charge is 0.235 e. The first-order valence-corrected chi connectivity index (χ1v) is 8.54. The molecule has 0 amide bonds. The van der Waals surface area contributed by atoms with E-state index in [1.807, 2.05) is 47.0 Å². The van der Waals surface area contributed by atoms with Crippen LogP contribution >= 0.6 is 0 Å². The molecule has 4 aromatic rings. The molecule has 0 spiro atoms. The van der Waals surface area contributed by atoms with E-state index in [0.29, 0.717) is 17.2 Å². The van der Waals surface area contributed by atoms with Crippen LogP contribution in [-0.4, -0.2) is 20.9 Å². The maximum Gasteiger partial charge on any atom is 0.235 e. The Hall–Kier alpha value is -2.95. The molecule has 25 heavy (non-hydrogen) atoms. The average Bonchev–Trinajstić information content (AvgIpc) is 3.01. The molecule has 5 heteroatoms. The lowest BCUT2D eigenvalue weighted by Crippen LogP contribution is -2.03. The molecule has 4 rings (SSSR count). The second-order valence-electron chi connectivity index (χ2n) is 6.06. The summed E-state index contributed by atoms with van der Waals surface area (Å²) in [5.74, 6) is 0.355. The number of nitrogens with zero attached hydrogens (tertiary/aromatic N) is 3. The predicted molar refractivity (Wildman–Crippen MR) is 99.3 cm³/mol. The van der Waals surface area contributed by atoms with Crippen molar-refractivity contribution in [2.45, 2.75) is 19.8 Å². The molecule has 4 nitrogen and oxygen atoms in total. The molecule has 2 heterocycles. The van der Waals surface area contributed by atoms with Crippen molar-refractivity contribution in [2.24, 2.45) is 0 Å². The Morgan fingerprint density at radius 2 is 1.96 bits per heavy atom. The largest absolute Gasteiger partial charge is 0.383 e. The zero-order valence-electron chi connectivity index (χ0n) is 14.0. The molecule has 0 bridgehead atoms. The lowest BCUT2D eigenvalue weighted by Gasteiger charge is -2.08. The summed E-state index contributed by atoms with van der Waals surface area (Å²) in [4.78, 5) is 9.13. The minimum Gasteiger partial charge on any atom is -0.383 e. The molecule has 0 aliphatic carbocycles. The first kappa shape index (κ1) is 15.6. The number of fused-ring (bicyclic) bond motifs is 3. The molecule has 2 aromatic carbocycles. The number of hydrogen-bond acceptors (Lipinski definition) is 3. The van der Waals surface area contributed by atoms with Crippen LogP contribution < -0.4 is 5.32 Å². The van der Waals surface area contributed by atoms with Crippen LogP contribution in [0.5, 0.6) is 0 Å². The molecule has 0 unspecified atom stereocenters. The van der Waals surface area contributed by atoms with Gasteiger partial charge in [-0.1, -0.05) is 31.5 Å². The van der Waals surface area contributed by atoms with Crippen molar-refractivity contribution in [3.63, 3.8) is 0 Å². The number of rotatable bonds is 5. The Balaban J connectivity index is 1.69. The highest BCUT2D eigenvalue weighted by Gasteiger charge is 2.09. The van der Waals surface area contributed by atoms with Gasteiger partial charge in [-0.3, -0.25) is 4.40 Å². The van der Waals surface area contributed by atoms with Gasteiger partial charge >= 0.3 is 0 Å². The fourth-order valence-electron chi connectivity index (χ4n) is 2.93. The van der Waals surface area contributed by atoms with Crippen LogP contribution in [0, 0.1) is 5.82 Å². The molecule has 126 valence electrons. The van der Waals surface area contributed by atoms with E-state index in [-0.39, 0.29) is 5.82 Å². The lowest BCUT2D eigenvalue weighted by molar-refractivity contribution is 0.629. The highest BCUT2D eigenvalue weighted by atomic mass is 19.1. The molecule has 0 fully saturated rings. The van der Waals surface area contributed by atoms with Gasteiger partial charge in [0.15, 0.2) is 0 Å². The third kappa shape index (κ3) is 2.93. The number of halogens is 1. The first-order valence-electron chi connectivity index (χ1n) is 8.54. The van der Waals surface area contributed by atoms with Crippen molar-refractivity contribution in [3.8, 4) is 11.3 Å². The van der Waals surface area contributed by atoms with Crippen molar-refractivity contribution >= 4 is 22.5 Å².